The molecule has 0 aliphatic carbocycles. The summed E-state index contributed by atoms with van der Waals surface area (Å²) >= 11 is 9.54. The van der Waals surface area contributed by atoms with E-state index < -0.39 is 64.6 Å². The summed E-state index contributed by atoms with van der Waals surface area (Å²) in [6.07, 6.45) is 0.790. The quantitative estimate of drug-likeness (QED) is 0.258. The van der Waals surface area contributed by atoms with Crippen LogP contribution in [-0.2, 0) is 23.8 Å². The van der Waals surface area contributed by atoms with Gasteiger partial charge in [-0.05, 0) is 43.7 Å². The number of nitrogens with zero attached hydrogens (tertiary/aromatic N) is 1. The van der Waals surface area contributed by atoms with E-state index in [4.69, 9.17) is 25.8 Å². The number of alkyl halides is 1. The Kier molecular flexibility index (Phi) is 12.0. The molecule has 40 heavy (non-hydrogen) atoms. The molecule has 1 aromatic heterocycles. The number of halogens is 2. The lowest BCUT2D eigenvalue weighted by Crippen LogP contribution is -2.55. The molecule has 0 unspecified atom stereocenters. The van der Waals surface area contributed by atoms with Gasteiger partial charge in [0.15, 0.2) is 0 Å². The number of hydrogen-bond acceptors (Lipinski definition) is 8. The molecule has 224 valence electrons. The van der Waals surface area contributed by atoms with E-state index in [0.717, 1.165) is 0 Å². The summed E-state index contributed by atoms with van der Waals surface area (Å²) in [5.41, 5.74) is -1.72. The number of carbonyl (C=O) groups is 3. The summed E-state index contributed by atoms with van der Waals surface area (Å²) in [5, 5.41) is 4.64. The zero-order valence-electron chi connectivity index (χ0n) is 23.7. The smallest absolute Gasteiger partial charge is 0.408 e. The molecular weight excluding hydrogens is 612 g/mol. The fourth-order valence-electron chi connectivity index (χ4n) is 3.88. The van der Waals surface area contributed by atoms with Gasteiger partial charge in [-0.2, -0.15) is 0 Å². The number of aromatic nitrogens is 2. The first kappa shape index (κ1) is 33.6. The first-order chi connectivity index (χ1) is 18.5. The van der Waals surface area contributed by atoms with E-state index in [1.807, 2.05) is 0 Å². The number of nitrogens with one attached hydrogen (secondary N) is 3. The lowest BCUT2D eigenvalue weighted by atomic mass is 10.0. The van der Waals surface area contributed by atoms with Gasteiger partial charge in [-0.25, -0.2) is 14.4 Å². The van der Waals surface area contributed by atoms with Crippen LogP contribution in [0.25, 0.3) is 6.08 Å². The molecule has 5 atom stereocenters. The second-order valence-electron chi connectivity index (χ2n) is 11.2. The third-order valence-corrected chi connectivity index (χ3v) is 6.66. The third kappa shape index (κ3) is 9.48. The van der Waals surface area contributed by atoms with E-state index in [-0.39, 0.29) is 30.4 Å². The number of H-pyrrole nitrogens is 1. The standard InChI is InChI=1S/C26H38BrClN4O8/c1-13(2)19(30-25(37)40-26(5,6)7)22(34)29-20(14(3)4)23(35)38-12-17-16(28)10-18(39-17)32-11-15(8-9-27)21(33)31-24(32)36/h8-9,11,13-14,16-20H,10,12H2,1-7H3,(H,29,34)(H,30,37)(H,31,33,36)/b9-8+/t16-,17+,18+,19-,20-/m0/s1. The average molecular weight is 650 g/mol. The van der Waals surface area contributed by atoms with Crippen LogP contribution in [0.1, 0.15) is 66.7 Å². The van der Waals surface area contributed by atoms with Crippen molar-refractivity contribution in [2.75, 3.05) is 6.61 Å². The Morgan fingerprint density at radius 2 is 1.80 bits per heavy atom. The maximum absolute atomic E-state index is 13.0. The van der Waals surface area contributed by atoms with Crippen LogP contribution in [0.4, 0.5) is 4.79 Å². The molecule has 0 radical (unpaired) electrons. The second-order valence-corrected chi connectivity index (χ2v) is 12.2. The number of esters is 1. The van der Waals surface area contributed by atoms with Crippen LogP contribution in [0.15, 0.2) is 20.8 Å². The van der Waals surface area contributed by atoms with Gasteiger partial charge >= 0.3 is 17.8 Å². The van der Waals surface area contributed by atoms with Crippen LogP contribution in [-0.4, -0.2) is 63.3 Å². The lowest BCUT2D eigenvalue weighted by molar-refractivity contribution is -0.153. The molecule has 0 spiro atoms. The number of amides is 2. The van der Waals surface area contributed by atoms with E-state index in [1.54, 1.807) is 48.5 Å². The zero-order valence-corrected chi connectivity index (χ0v) is 26.0. The van der Waals surface area contributed by atoms with Gasteiger partial charge in [0, 0.05) is 12.6 Å². The van der Waals surface area contributed by atoms with Gasteiger partial charge in [-0.15, -0.1) is 11.6 Å². The minimum atomic E-state index is -1.01. The second kappa shape index (κ2) is 14.3. The van der Waals surface area contributed by atoms with E-state index in [0.29, 0.717) is 0 Å². The Labute approximate surface area is 246 Å². The molecule has 0 bridgehead atoms. The van der Waals surface area contributed by atoms with Crippen LogP contribution >= 0.6 is 27.5 Å². The largest absolute Gasteiger partial charge is 0.461 e. The van der Waals surface area contributed by atoms with Gasteiger partial charge in [-0.1, -0.05) is 43.6 Å². The average Bonchev–Trinajstić information content (AvgIpc) is 3.19. The molecular formula is C26H38BrClN4O8. The summed E-state index contributed by atoms with van der Waals surface area (Å²) in [6, 6.07) is -1.96. The first-order valence-electron chi connectivity index (χ1n) is 12.9. The number of alkyl carbamates (subject to hydrolysis) is 1. The molecule has 12 nitrogen and oxygen atoms in total. The van der Waals surface area contributed by atoms with Gasteiger partial charge in [0.2, 0.25) is 5.91 Å². The summed E-state index contributed by atoms with van der Waals surface area (Å²) < 4.78 is 17.8. The number of ether oxygens (including phenoxy) is 3. The number of carbonyl (C=O) groups excluding carboxylic acids is 3. The zero-order chi connectivity index (χ0) is 30.4. The molecule has 1 saturated heterocycles. The summed E-state index contributed by atoms with van der Waals surface area (Å²) in [6.45, 7) is 11.9. The molecule has 3 N–H and O–H groups in total. The SMILES string of the molecule is CC(C)[C@H](NC(=O)OC(C)(C)C)C(=O)N[C@H](C(=O)OC[C@H]1O[C@@H](n2cc(/C=C/Br)c(=O)[nH]c2=O)C[C@@H]1Cl)C(C)C. The summed E-state index contributed by atoms with van der Waals surface area (Å²) in [4.78, 5) is 66.3. The van der Waals surface area contributed by atoms with Crippen molar-refractivity contribution in [2.45, 2.75) is 90.3 Å². The van der Waals surface area contributed by atoms with Gasteiger partial charge < -0.3 is 24.8 Å². The molecule has 2 rings (SSSR count). The van der Waals surface area contributed by atoms with Crippen molar-refractivity contribution in [3.8, 4) is 0 Å². The van der Waals surface area contributed by atoms with Crippen molar-refractivity contribution in [1.29, 1.82) is 0 Å². The van der Waals surface area contributed by atoms with Crippen LogP contribution in [0.5, 0.6) is 0 Å². The van der Waals surface area contributed by atoms with Crippen molar-refractivity contribution in [1.82, 2.24) is 20.2 Å². The predicted molar refractivity (Wildman–Crippen MR) is 153 cm³/mol. The Hall–Kier alpha value is -2.64. The topological polar surface area (TPSA) is 158 Å². The highest BCUT2D eigenvalue weighted by atomic mass is 79.9. The lowest BCUT2D eigenvalue weighted by Gasteiger charge is -2.28. The monoisotopic (exact) mass is 648 g/mol. The number of rotatable bonds is 10. The van der Waals surface area contributed by atoms with Crippen LogP contribution in [0, 0.1) is 11.8 Å². The molecule has 2 heterocycles. The maximum Gasteiger partial charge on any atom is 0.408 e. The molecule has 1 aromatic rings. The van der Waals surface area contributed by atoms with Crippen molar-refractivity contribution in [3.05, 3.63) is 37.6 Å². The molecule has 1 aliphatic rings. The van der Waals surface area contributed by atoms with E-state index in [2.05, 4.69) is 31.5 Å². The molecule has 14 heteroatoms. The summed E-state index contributed by atoms with van der Waals surface area (Å²) in [7, 11) is 0. The van der Waals surface area contributed by atoms with Gasteiger partial charge in [0.05, 0.1) is 10.9 Å². The Bertz CT molecular complexity index is 1210. The van der Waals surface area contributed by atoms with Crippen LogP contribution in [0.2, 0.25) is 0 Å². The molecule has 0 saturated carbocycles. The van der Waals surface area contributed by atoms with Gasteiger partial charge in [-0.3, -0.25) is 19.1 Å². The normalized spacial score (nSPS) is 20.9. The fourth-order valence-corrected chi connectivity index (χ4v) is 4.44. The number of hydrogen-bond donors (Lipinski definition) is 3. The Morgan fingerprint density at radius 1 is 1.18 bits per heavy atom. The minimum Gasteiger partial charge on any atom is -0.461 e. The third-order valence-electron chi connectivity index (χ3n) is 5.94. The number of aromatic amines is 1. The fraction of sp³-hybridized carbons (Fsp3) is 0.654. The highest BCUT2D eigenvalue weighted by Crippen LogP contribution is 2.31. The molecule has 1 fully saturated rings. The highest BCUT2D eigenvalue weighted by molar-refractivity contribution is 9.11. The van der Waals surface area contributed by atoms with Crippen molar-refractivity contribution in [3.63, 3.8) is 0 Å². The Morgan fingerprint density at radius 3 is 2.35 bits per heavy atom. The Balaban J connectivity index is 2.06. The van der Waals surface area contributed by atoms with E-state index in [9.17, 15) is 24.0 Å². The van der Waals surface area contributed by atoms with Crippen molar-refractivity contribution < 1.29 is 28.6 Å². The van der Waals surface area contributed by atoms with Crippen molar-refractivity contribution >= 4 is 51.6 Å². The molecule has 1 aliphatic heterocycles. The van der Waals surface area contributed by atoms with Crippen LogP contribution in [0.3, 0.4) is 0 Å². The first-order valence-corrected chi connectivity index (χ1v) is 14.3. The van der Waals surface area contributed by atoms with Crippen LogP contribution < -0.4 is 21.9 Å². The minimum absolute atomic E-state index is 0.224. The van der Waals surface area contributed by atoms with Gasteiger partial charge in [0.25, 0.3) is 5.56 Å². The highest BCUT2D eigenvalue weighted by Gasteiger charge is 2.38. The summed E-state index contributed by atoms with van der Waals surface area (Å²) in [5.74, 6) is -1.89. The van der Waals surface area contributed by atoms with Crippen molar-refractivity contribution in [2.24, 2.45) is 11.8 Å². The maximum atomic E-state index is 13.0. The molecule has 0 aromatic carbocycles. The van der Waals surface area contributed by atoms with E-state index in [1.165, 1.54) is 21.8 Å². The predicted octanol–water partition coefficient (Wildman–Crippen LogP) is 3.03. The van der Waals surface area contributed by atoms with E-state index >= 15 is 0 Å². The molecule has 2 amide bonds. The van der Waals surface area contributed by atoms with Gasteiger partial charge in [0.1, 0.15) is 36.6 Å².